The van der Waals surface area contributed by atoms with E-state index in [0.29, 0.717) is 23.4 Å². The monoisotopic (exact) mass is 289 g/mol. The normalized spacial score (nSPS) is 9.90. The molecule has 20 heavy (non-hydrogen) atoms. The van der Waals surface area contributed by atoms with Crippen LogP contribution in [0.4, 0.5) is 0 Å². The molecule has 2 heterocycles. The molecule has 0 aliphatic heterocycles. The highest BCUT2D eigenvalue weighted by atomic mass is 32.1. The largest absolute Gasteiger partial charge is 0.384 e. The van der Waals surface area contributed by atoms with Gasteiger partial charge in [0.1, 0.15) is 11.5 Å². The molecule has 0 radical (unpaired) electrons. The number of hydrogen-bond acceptors (Lipinski definition) is 4. The smallest absolute Gasteiger partial charge is 0.262 e. The minimum atomic E-state index is -0.212. The fourth-order valence-corrected chi connectivity index (χ4v) is 2.46. The summed E-state index contributed by atoms with van der Waals surface area (Å²) in [6.45, 7) is 0.317. The zero-order valence-corrected chi connectivity index (χ0v) is 11.9. The van der Waals surface area contributed by atoms with E-state index in [-0.39, 0.29) is 12.5 Å². The molecule has 0 spiro atoms. The van der Waals surface area contributed by atoms with Gasteiger partial charge in [-0.05, 0) is 17.5 Å². The molecule has 0 saturated carbocycles. The molecule has 104 valence electrons. The van der Waals surface area contributed by atoms with Gasteiger partial charge in [0, 0.05) is 31.8 Å². The average molecular weight is 289 g/mol. The van der Waals surface area contributed by atoms with Crippen molar-refractivity contribution in [3.05, 3.63) is 39.8 Å². The molecule has 6 heteroatoms. The minimum absolute atomic E-state index is 0.141. The maximum absolute atomic E-state index is 12.0. The highest BCUT2D eigenvalue weighted by molar-refractivity contribution is 7.12. The summed E-state index contributed by atoms with van der Waals surface area (Å²) in [7, 11) is 1.86. The number of hydrogen-bond donors (Lipinski definition) is 2. The third-order valence-electron chi connectivity index (χ3n) is 2.61. The van der Waals surface area contributed by atoms with Crippen LogP contribution in [0.25, 0.3) is 0 Å². The number of nitrogens with one attached hydrogen (secondary N) is 1. The van der Waals surface area contributed by atoms with Crippen LogP contribution in [0.2, 0.25) is 0 Å². The zero-order chi connectivity index (χ0) is 14.4. The number of amides is 1. The second-order valence-electron chi connectivity index (χ2n) is 4.11. The molecule has 0 aliphatic carbocycles. The molecular weight excluding hydrogens is 274 g/mol. The molecule has 0 fully saturated rings. The Bertz CT molecular complexity index is 649. The Kier molecular flexibility index (Phi) is 4.93. The van der Waals surface area contributed by atoms with Gasteiger partial charge < -0.3 is 10.4 Å². The number of aliphatic hydroxyl groups excluding tert-OH is 1. The van der Waals surface area contributed by atoms with Crippen LogP contribution in [0.15, 0.2) is 23.7 Å². The fraction of sp³-hybridized carbons (Fsp3) is 0.286. The fourth-order valence-electron chi connectivity index (χ4n) is 1.70. The molecule has 0 aromatic carbocycles. The van der Waals surface area contributed by atoms with Gasteiger partial charge in [0.15, 0.2) is 0 Å². The van der Waals surface area contributed by atoms with Crippen molar-refractivity contribution in [2.45, 2.75) is 6.42 Å². The van der Waals surface area contributed by atoms with Gasteiger partial charge in [0.05, 0.1) is 5.69 Å². The van der Waals surface area contributed by atoms with E-state index in [1.54, 1.807) is 10.7 Å². The number of aryl methyl sites for hydroxylation is 1. The van der Waals surface area contributed by atoms with Crippen molar-refractivity contribution < 1.29 is 9.90 Å². The maximum atomic E-state index is 12.0. The summed E-state index contributed by atoms with van der Waals surface area (Å²) in [5.74, 6) is 5.18. The topological polar surface area (TPSA) is 67.2 Å². The van der Waals surface area contributed by atoms with Crippen molar-refractivity contribution in [1.82, 2.24) is 15.1 Å². The van der Waals surface area contributed by atoms with Gasteiger partial charge in [-0.3, -0.25) is 9.48 Å². The van der Waals surface area contributed by atoms with E-state index in [1.807, 2.05) is 24.7 Å². The molecule has 2 N–H and O–H groups in total. The Balaban J connectivity index is 1.90. The molecule has 5 nitrogen and oxygen atoms in total. The molecule has 2 aromatic heterocycles. The van der Waals surface area contributed by atoms with Gasteiger partial charge in [0.2, 0.25) is 0 Å². The standard InChI is InChI=1S/C14H15N3O2S/c1-17-8-5-12(16-17)4-7-15-14(19)13-11(3-2-9-18)6-10-20-13/h5-6,8,10,18H,4,7,9H2,1H3,(H,15,19). The lowest BCUT2D eigenvalue weighted by molar-refractivity contribution is 0.0958. The van der Waals surface area contributed by atoms with Crippen LogP contribution in [0.3, 0.4) is 0 Å². The lowest BCUT2D eigenvalue weighted by Gasteiger charge is -2.02. The van der Waals surface area contributed by atoms with E-state index in [0.717, 1.165) is 5.69 Å². The molecule has 2 aromatic rings. The minimum Gasteiger partial charge on any atom is -0.384 e. The molecule has 0 aliphatic rings. The Morgan fingerprint density at radius 1 is 1.55 bits per heavy atom. The van der Waals surface area contributed by atoms with Crippen molar-refractivity contribution >= 4 is 17.2 Å². The number of rotatable bonds is 4. The van der Waals surface area contributed by atoms with Gasteiger partial charge in [-0.2, -0.15) is 5.10 Å². The molecule has 0 atom stereocenters. The average Bonchev–Trinajstić information content (AvgIpc) is 3.05. The first kappa shape index (κ1) is 14.3. The van der Waals surface area contributed by atoms with Gasteiger partial charge in [0.25, 0.3) is 5.91 Å². The summed E-state index contributed by atoms with van der Waals surface area (Å²) in [6, 6.07) is 3.70. The molecule has 0 saturated heterocycles. The molecule has 0 unspecified atom stereocenters. The SMILES string of the molecule is Cn1ccc(CCNC(=O)c2sccc2C#CCO)n1. The predicted octanol–water partition coefficient (Wildman–Crippen LogP) is 0.798. The Morgan fingerprint density at radius 2 is 2.40 bits per heavy atom. The number of carbonyl (C=O) groups excluding carboxylic acids is 1. The van der Waals surface area contributed by atoms with Crippen LogP contribution in [0.1, 0.15) is 20.9 Å². The molecule has 0 bridgehead atoms. The van der Waals surface area contributed by atoms with E-state index in [1.165, 1.54) is 11.3 Å². The number of carbonyl (C=O) groups is 1. The summed E-state index contributed by atoms with van der Waals surface area (Å²) in [5, 5.41) is 17.6. The maximum Gasteiger partial charge on any atom is 0.262 e. The number of nitrogens with zero attached hydrogens (tertiary/aromatic N) is 2. The Hall–Kier alpha value is -2.10. The summed E-state index contributed by atoms with van der Waals surface area (Å²) in [6.07, 6.45) is 2.56. The molecular formula is C14H15N3O2S. The third-order valence-corrected chi connectivity index (χ3v) is 3.52. The molecule has 1 amide bonds. The van der Waals surface area contributed by atoms with E-state index in [2.05, 4.69) is 22.3 Å². The quantitative estimate of drug-likeness (QED) is 0.818. The van der Waals surface area contributed by atoms with Crippen LogP contribution >= 0.6 is 11.3 Å². The van der Waals surface area contributed by atoms with Crippen LogP contribution < -0.4 is 5.32 Å². The lowest BCUT2D eigenvalue weighted by Crippen LogP contribution is -2.25. The first-order chi connectivity index (χ1) is 9.70. The zero-order valence-electron chi connectivity index (χ0n) is 11.1. The van der Waals surface area contributed by atoms with Gasteiger partial charge in [-0.1, -0.05) is 11.8 Å². The van der Waals surface area contributed by atoms with Crippen molar-refractivity contribution in [2.24, 2.45) is 7.05 Å². The van der Waals surface area contributed by atoms with Crippen molar-refractivity contribution in [2.75, 3.05) is 13.2 Å². The third kappa shape index (κ3) is 3.70. The summed E-state index contributed by atoms with van der Waals surface area (Å²) >= 11 is 1.34. The van der Waals surface area contributed by atoms with Crippen molar-refractivity contribution in [3.8, 4) is 11.8 Å². The summed E-state index contributed by atoms with van der Waals surface area (Å²) < 4.78 is 1.74. The Morgan fingerprint density at radius 3 is 3.10 bits per heavy atom. The van der Waals surface area contributed by atoms with E-state index in [9.17, 15) is 4.79 Å². The highest BCUT2D eigenvalue weighted by Gasteiger charge is 2.11. The van der Waals surface area contributed by atoms with E-state index in [4.69, 9.17) is 5.11 Å². The van der Waals surface area contributed by atoms with Crippen LogP contribution in [-0.2, 0) is 13.5 Å². The first-order valence-electron chi connectivity index (χ1n) is 6.14. The number of thiophene rings is 1. The number of aliphatic hydroxyl groups is 1. The predicted molar refractivity (Wildman–Crippen MR) is 77.5 cm³/mol. The van der Waals surface area contributed by atoms with Gasteiger partial charge in [-0.15, -0.1) is 11.3 Å². The summed E-state index contributed by atoms with van der Waals surface area (Å²) in [4.78, 5) is 12.6. The van der Waals surface area contributed by atoms with Crippen LogP contribution in [0.5, 0.6) is 0 Å². The first-order valence-corrected chi connectivity index (χ1v) is 7.02. The van der Waals surface area contributed by atoms with Crippen molar-refractivity contribution in [3.63, 3.8) is 0 Å². The summed E-state index contributed by atoms with van der Waals surface area (Å²) in [5.41, 5.74) is 1.60. The van der Waals surface area contributed by atoms with E-state index >= 15 is 0 Å². The second-order valence-corrected chi connectivity index (χ2v) is 5.03. The lowest BCUT2D eigenvalue weighted by atomic mass is 10.2. The highest BCUT2D eigenvalue weighted by Crippen LogP contribution is 2.15. The van der Waals surface area contributed by atoms with Crippen LogP contribution in [0, 0.1) is 11.8 Å². The van der Waals surface area contributed by atoms with Crippen molar-refractivity contribution in [1.29, 1.82) is 0 Å². The Labute approximate surface area is 121 Å². The second kappa shape index (κ2) is 6.89. The van der Waals surface area contributed by atoms with Crippen LogP contribution in [-0.4, -0.2) is 33.9 Å². The molecule has 2 rings (SSSR count). The van der Waals surface area contributed by atoms with Gasteiger partial charge >= 0.3 is 0 Å². The van der Waals surface area contributed by atoms with E-state index < -0.39 is 0 Å². The van der Waals surface area contributed by atoms with Gasteiger partial charge in [-0.25, -0.2) is 0 Å². The number of aromatic nitrogens is 2.